The first kappa shape index (κ1) is 21.0. The molecule has 0 bridgehead atoms. The fourth-order valence-electron chi connectivity index (χ4n) is 3.05. The van der Waals surface area contributed by atoms with Gasteiger partial charge in [0, 0.05) is 18.5 Å². The second-order valence-corrected chi connectivity index (χ2v) is 7.00. The molecule has 1 unspecified atom stereocenters. The Kier molecular flexibility index (Phi) is 8.19. The van der Waals surface area contributed by atoms with Gasteiger partial charge in [0.15, 0.2) is 5.96 Å². The van der Waals surface area contributed by atoms with Gasteiger partial charge in [-0.1, -0.05) is 30.3 Å². The summed E-state index contributed by atoms with van der Waals surface area (Å²) in [4.78, 5) is 4.72. The van der Waals surface area contributed by atoms with E-state index in [1.54, 1.807) is 0 Å². The van der Waals surface area contributed by atoms with Crippen molar-refractivity contribution >= 4 is 5.96 Å². The Hall–Kier alpha value is -2.73. The molecule has 0 radical (unpaired) electrons. The third-order valence-electron chi connectivity index (χ3n) is 4.56. The first-order chi connectivity index (χ1) is 14.2. The third kappa shape index (κ3) is 6.98. The van der Waals surface area contributed by atoms with Crippen LogP contribution in [-0.2, 0) is 11.3 Å². The van der Waals surface area contributed by atoms with E-state index in [4.69, 9.17) is 19.2 Å². The molecule has 1 aliphatic heterocycles. The highest BCUT2D eigenvalue weighted by Gasteiger charge is 2.18. The molecule has 1 saturated heterocycles. The second-order valence-electron chi connectivity index (χ2n) is 7.00. The number of benzene rings is 2. The Labute approximate surface area is 173 Å². The number of nitrogens with zero attached hydrogens (tertiary/aromatic N) is 1. The number of hydrogen-bond acceptors (Lipinski definition) is 4. The highest BCUT2D eigenvalue weighted by Crippen LogP contribution is 2.24. The summed E-state index contributed by atoms with van der Waals surface area (Å²) in [6.07, 6.45) is 1.06. The molecule has 0 saturated carbocycles. The minimum atomic E-state index is 0.126. The summed E-state index contributed by atoms with van der Waals surface area (Å²) >= 11 is 0. The predicted octanol–water partition coefficient (Wildman–Crippen LogP) is 3.30. The van der Waals surface area contributed by atoms with Crippen LogP contribution in [0.15, 0.2) is 53.5 Å². The molecule has 0 amide bonds. The topological polar surface area (TPSA) is 64.1 Å². The van der Waals surface area contributed by atoms with Crippen LogP contribution in [0.5, 0.6) is 11.5 Å². The lowest BCUT2D eigenvalue weighted by atomic mass is 10.1. The van der Waals surface area contributed by atoms with Crippen LogP contribution in [0.4, 0.5) is 0 Å². The van der Waals surface area contributed by atoms with Gasteiger partial charge in [-0.15, -0.1) is 0 Å². The van der Waals surface area contributed by atoms with Crippen LogP contribution in [0.2, 0.25) is 0 Å². The van der Waals surface area contributed by atoms with Crippen LogP contribution in [0.25, 0.3) is 0 Å². The van der Waals surface area contributed by atoms with E-state index < -0.39 is 0 Å². The molecule has 1 heterocycles. The maximum atomic E-state index is 6.17. The highest BCUT2D eigenvalue weighted by atomic mass is 16.5. The number of para-hydroxylation sites is 1. The van der Waals surface area contributed by atoms with E-state index in [0.717, 1.165) is 42.6 Å². The molecule has 0 aliphatic carbocycles. The quantitative estimate of drug-likeness (QED) is 0.386. The van der Waals surface area contributed by atoms with Gasteiger partial charge in [-0.25, -0.2) is 4.99 Å². The lowest BCUT2D eigenvalue weighted by Crippen LogP contribution is -2.39. The van der Waals surface area contributed by atoms with Crippen LogP contribution in [-0.4, -0.2) is 45.0 Å². The van der Waals surface area contributed by atoms with E-state index in [1.165, 1.54) is 5.56 Å². The van der Waals surface area contributed by atoms with Gasteiger partial charge in [0.2, 0.25) is 0 Å². The van der Waals surface area contributed by atoms with E-state index >= 15 is 0 Å². The van der Waals surface area contributed by atoms with Gasteiger partial charge < -0.3 is 24.8 Å². The van der Waals surface area contributed by atoms with Crippen LogP contribution in [0.1, 0.15) is 24.5 Å². The molecule has 2 N–H and O–H groups in total. The van der Waals surface area contributed by atoms with Gasteiger partial charge in [-0.2, -0.15) is 0 Å². The van der Waals surface area contributed by atoms with Gasteiger partial charge in [0.1, 0.15) is 24.2 Å². The molecule has 1 aliphatic rings. The molecular formula is C23H31N3O3. The lowest BCUT2D eigenvalue weighted by molar-refractivity contribution is 0.140. The minimum Gasteiger partial charge on any atom is -0.492 e. The Balaban J connectivity index is 1.56. The van der Waals surface area contributed by atoms with Gasteiger partial charge in [0.05, 0.1) is 26.3 Å². The summed E-state index contributed by atoms with van der Waals surface area (Å²) in [7, 11) is 0. The van der Waals surface area contributed by atoms with Crippen molar-refractivity contribution in [2.24, 2.45) is 4.99 Å². The second kappa shape index (κ2) is 11.3. The Morgan fingerprint density at radius 1 is 1.17 bits per heavy atom. The normalized spacial score (nSPS) is 16.5. The van der Waals surface area contributed by atoms with E-state index in [0.29, 0.717) is 26.3 Å². The zero-order valence-corrected chi connectivity index (χ0v) is 17.3. The number of aliphatic imine (C=N–C) groups is 1. The molecule has 1 atom stereocenters. The van der Waals surface area contributed by atoms with Crippen molar-refractivity contribution < 1.29 is 14.2 Å². The summed E-state index contributed by atoms with van der Waals surface area (Å²) < 4.78 is 17.3. The Morgan fingerprint density at radius 3 is 2.79 bits per heavy atom. The summed E-state index contributed by atoms with van der Waals surface area (Å²) in [5.41, 5.74) is 2.25. The van der Waals surface area contributed by atoms with Crippen LogP contribution < -0.4 is 20.1 Å². The smallest absolute Gasteiger partial charge is 0.191 e. The molecule has 1 fully saturated rings. The fourth-order valence-corrected chi connectivity index (χ4v) is 3.05. The molecule has 2 aromatic rings. The molecule has 0 spiro atoms. The van der Waals surface area contributed by atoms with Gasteiger partial charge in [-0.05, 0) is 37.6 Å². The van der Waals surface area contributed by atoms with Crippen molar-refractivity contribution in [2.75, 3.05) is 32.9 Å². The number of aryl methyl sites for hydroxylation is 1. The first-order valence-electron chi connectivity index (χ1n) is 10.3. The molecule has 3 rings (SSSR count). The number of hydrogen-bond donors (Lipinski definition) is 2. The number of ether oxygens (including phenoxy) is 3. The molecule has 156 valence electrons. The zero-order valence-electron chi connectivity index (χ0n) is 17.3. The van der Waals surface area contributed by atoms with Crippen LogP contribution >= 0.6 is 0 Å². The fraction of sp³-hybridized carbons (Fsp3) is 0.435. The number of guanidine groups is 1. The largest absolute Gasteiger partial charge is 0.492 e. The van der Waals surface area contributed by atoms with Crippen molar-refractivity contribution in [1.29, 1.82) is 0 Å². The van der Waals surface area contributed by atoms with E-state index in [1.807, 2.05) is 30.3 Å². The lowest BCUT2D eigenvalue weighted by Gasteiger charge is -2.16. The van der Waals surface area contributed by atoms with E-state index in [2.05, 4.69) is 42.7 Å². The Morgan fingerprint density at radius 2 is 2.03 bits per heavy atom. The third-order valence-corrected chi connectivity index (χ3v) is 4.56. The minimum absolute atomic E-state index is 0.126. The maximum Gasteiger partial charge on any atom is 0.191 e. The molecular weight excluding hydrogens is 366 g/mol. The van der Waals surface area contributed by atoms with Crippen molar-refractivity contribution in [3.05, 3.63) is 59.7 Å². The maximum absolute atomic E-state index is 6.17. The molecule has 0 aromatic heterocycles. The summed E-state index contributed by atoms with van der Waals surface area (Å²) in [6, 6.07) is 16.1. The number of nitrogens with one attached hydrogen (secondary N) is 2. The number of rotatable bonds is 9. The molecule has 2 aromatic carbocycles. The highest BCUT2D eigenvalue weighted by molar-refractivity contribution is 5.79. The summed E-state index contributed by atoms with van der Waals surface area (Å²) in [5, 5.41) is 6.60. The van der Waals surface area contributed by atoms with Crippen LogP contribution in [0.3, 0.4) is 0 Å². The van der Waals surface area contributed by atoms with Gasteiger partial charge in [-0.3, -0.25) is 0 Å². The van der Waals surface area contributed by atoms with Crippen molar-refractivity contribution in [1.82, 2.24) is 10.6 Å². The molecule has 6 heteroatoms. The van der Waals surface area contributed by atoms with Crippen molar-refractivity contribution in [3.8, 4) is 11.5 Å². The molecule has 29 heavy (non-hydrogen) atoms. The monoisotopic (exact) mass is 397 g/mol. The average molecular weight is 398 g/mol. The summed E-state index contributed by atoms with van der Waals surface area (Å²) in [5.74, 6) is 2.53. The van der Waals surface area contributed by atoms with Gasteiger partial charge >= 0.3 is 0 Å². The zero-order chi connectivity index (χ0) is 20.3. The average Bonchev–Trinajstić information content (AvgIpc) is 3.24. The SMILES string of the molecule is CCNC(=NCc1ccc(C)cc1OC1CCOC1)NCCOc1ccccc1. The van der Waals surface area contributed by atoms with Gasteiger partial charge in [0.25, 0.3) is 0 Å². The van der Waals surface area contributed by atoms with Crippen LogP contribution in [0, 0.1) is 6.92 Å². The summed E-state index contributed by atoms with van der Waals surface area (Å²) in [6.45, 7) is 8.11. The predicted molar refractivity (Wildman–Crippen MR) is 116 cm³/mol. The first-order valence-corrected chi connectivity index (χ1v) is 10.3. The standard InChI is InChI=1S/C23H31N3O3/c1-3-24-23(25-12-14-28-20-7-5-4-6-8-20)26-16-19-10-9-18(2)15-22(19)29-21-11-13-27-17-21/h4-10,15,21H,3,11-14,16-17H2,1-2H3,(H2,24,25,26). The van der Waals surface area contributed by atoms with E-state index in [9.17, 15) is 0 Å². The van der Waals surface area contributed by atoms with Crippen molar-refractivity contribution in [3.63, 3.8) is 0 Å². The molecule has 6 nitrogen and oxygen atoms in total. The van der Waals surface area contributed by atoms with E-state index in [-0.39, 0.29) is 6.10 Å². The Bertz CT molecular complexity index is 774. The van der Waals surface area contributed by atoms with Crippen molar-refractivity contribution in [2.45, 2.75) is 32.9 Å².